The first kappa shape index (κ1) is 14.8. The summed E-state index contributed by atoms with van der Waals surface area (Å²) >= 11 is 0. The van der Waals surface area contributed by atoms with E-state index >= 15 is 0 Å². The second-order valence-corrected chi connectivity index (χ2v) is 4.85. The van der Waals surface area contributed by atoms with E-state index in [9.17, 15) is 4.79 Å². The first-order chi connectivity index (χ1) is 11.2. The molecule has 0 fully saturated rings. The largest absolute Gasteiger partial charge is 0.497 e. The lowest BCUT2D eigenvalue weighted by atomic mass is 10.2. The molecule has 3 rings (SSSR count). The number of amides is 1. The summed E-state index contributed by atoms with van der Waals surface area (Å²) in [5.74, 6) is 1.16. The lowest BCUT2D eigenvalue weighted by Gasteiger charge is -2.07. The Morgan fingerprint density at radius 1 is 1.39 bits per heavy atom. The molecule has 8 nitrogen and oxygen atoms in total. The van der Waals surface area contributed by atoms with Gasteiger partial charge in [-0.3, -0.25) is 9.89 Å². The van der Waals surface area contributed by atoms with Gasteiger partial charge >= 0.3 is 0 Å². The molecule has 8 heteroatoms. The Hall–Kier alpha value is -3.16. The second-order valence-electron chi connectivity index (χ2n) is 4.85. The molecule has 0 aliphatic carbocycles. The Morgan fingerprint density at radius 3 is 3.00 bits per heavy atom. The summed E-state index contributed by atoms with van der Waals surface area (Å²) < 4.78 is 10.4. The number of hydrogen-bond acceptors (Lipinski definition) is 6. The molecule has 1 amide bonds. The summed E-state index contributed by atoms with van der Waals surface area (Å²) in [6.45, 7) is 1.76. The van der Waals surface area contributed by atoms with Crippen molar-refractivity contribution in [3.05, 3.63) is 48.1 Å². The molecule has 0 aliphatic heterocycles. The van der Waals surface area contributed by atoms with Gasteiger partial charge in [0.25, 0.3) is 5.91 Å². The summed E-state index contributed by atoms with van der Waals surface area (Å²) in [7, 11) is 1.59. The van der Waals surface area contributed by atoms with Gasteiger partial charge in [0.2, 0.25) is 11.7 Å². The van der Waals surface area contributed by atoms with E-state index in [4.69, 9.17) is 9.26 Å². The standard InChI is InChI=1S/C15H15N5O3/c1-9(17-14(21)12-6-7-16-19-12)15-18-13(20-23-15)10-4-3-5-11(8-10)22-2/h3-9H,1-2H3,(H,16,19)(H,17,21)/t9-/m0/s1. The number of H-pyrrole nitrogens is 1. The van der Waals surface area contributed by atoms with Crippen molar-refractivity contribution < 1.29 is 14.1 Å². The normalized spacial score (nSPS) is 11.9. The summed E-state index contributed by atoms with van der Waals surface area (Å²) in [4.78, 5) is 16.3. The quantitative estimate of drug-likeness (QED) is 0.746. The van der Waals surface area contributed by atoms with Crippen LogP contribution in [0.25, 0.3) is 11.4 Å². The highest BCUT2D eigenvalue weighted by molar-refractivity contribution is 5.92. The molecule has 1 aromatic carbocycles. The van der Waals surface area contributed by atoms with Gasteiger partial charge in [-0.05, 0) is 25.1 Å². The van der Waals surface area contributed by atoms with Crippen molar-refractivity contribution in [2.75, 3.05) is 7.11 Å². The van der Waals surface area contributed by atoms with Crippen LogP contribution in [0.3, 0.4) is 0 Å². The average molecular weight is 313 g/mol. The van der Waals surface area contributed by atoms with Crippen LogP contribution < -0.4 is 10.1 Å². The smallest absolute Gasteiger partial charge is 0.269 e. The Balaban J connectivity index is 1.74. The number of carbonyl (C=O) groups excluding carboxylic acids is 1. The van der Waals surface area contributed by atoms with Crippen molar-refractivity contribution in [3.63, 3.8) is 0 Å². The maximum absolute atomic E-state index is 12.0. The van der Waals surface area contributed by atoms with Gasteiger partial charge < -0.3 is 14.6 Å². The maximum Gasteiger partial charge on any atom is 0.269 e. The van der Waals surface area contributed by atoms with E-state index in [1.807, 2.05) is 24.3 Å². The molecule has 0 saturated heterocycles. The molecule has 0 saturated carbocycles. The zero-order valence-electron chi connectivity index (χ0n) is 12.6. The Labute approximate surface area is 131 Å². The third-order valence-corrected chi connectivity index (χ3v) is 3.23. The maximum atomic E-state index is 12.0. The monoisotopic (exact) mass is 313 g/mol. The van der Waals surface area contributed by atoms with Crippen LogP contribution in [0.15, 0.2) is 41.1 Å². The first-order valence-electron chi connectivity index (χ1n) is 6.95. The molecule has 2 N–H and O–H groups in total. The summed E-state index contributed by atoms with van der Waals surface area (Å²) in [5.41, 5.74) is 1.14. The van der Waals surface area contributed by atoms with Gasteiger partial charge in [0, 0.05) is 11.8 Å². The fourth-order valence-electron chi connectivity index (χ4n) is 2.01. The molecule has 0 bridgehead atoms. The number of benzene rings is 1. The van der Waals surface area contributed by atoms with E-state index in [1.54, 1.807) is 20.1 Å². The van der Waals surface area contributed by atoms with E-state index in [2.05, 4.69) is 25.7 Å². The van der Waals surface area contributed by atoms with Gasteiger partial charge in [0.05, 0.1) is 7.11 Å². The molecule has 118 valence electrons. The average Bonchev–Trinajstić information content (AvgIpc) is 3.26. The molecule has 0 spiro atoms. The van der Waals surface area contributed by atoms with Crippen molar-refractivity contribution in [2.24, 2.45) is 0 Å². The van der Waals surface area contributed by atoms with Gasteiger partial charge in [-0.15, -0.1) is 0 Å². The van der Waals surface area contributed by atoms with Crippen LogP contribution in [0, 0.1) is 0 Å². The molecule has 2 heterocycles. The predicted molar refractivity (Wildman–Crippen MR) is 80.8 cm³/mol. The Bertz CT molecular complexity index is 797. The number of aromatic amines is 1. The fourth-order valence-corrected chi connectivity index (χ4v) is 2.01. The van der Waals surface area contributed by atoms with Crippen LogP contribution in [-0.2, 0) is 0 Å². The first-order valence-corrected chi connectivity index (χ1v) is 6.95. The third kappa shape index (κ3) is 3.20. The number of hydrogen-bond donors (Lipinski definition) is 2. The topological polar surface area (TPSA) is 106 Å². The van der Waals surface area contributed by atoms with Gasteiger partial charge in [0.1, 0.15) is 17.5 Å². The van der Waals surface area contributed by atoms with Crippen LogP contribution in [0.2, 0.25) is 0 Å². The molecule has 2 aromatic heterocycles. The van der Waals surface area contributed by atoms with Gasteiger partial charge in [-0.25, -0.2) is 0 Å². The minimum absolute atomic E-state index is 0.295. The van der Waals surface area contributed by atoms with Crippen LogP contribution in [0.5, 0.6) is 5.75 Å². The lowest BCUT2D eigenvalue weighted by molar-refractivity contribution is 0.0927. The number of nitrogens with zero attached hydrogens (tertiary/aromatic N) is 3. The number of nitrogens with one attached hydrogen (secondary N) is 2. The number of carbonyl (C=O) groups is 1. The van der Waals surface area contributed by atoms with Crippen molar-refractivity contribution in [3.8, 4) is 17.1 Å². The second kappa shape index (κ2) is 6.30. The number of aromatic nitrogens is 4. The number of methoxy groups -OCH3 is 1. The Morgan fingerprint density at radius 2 is 2.26 bits per heavy atom. The lowest BCUT2D eigenvalue weighted by Crippen LogP contribution is -2.27. The van der Waals surface area contributed by atoms with Gasteiger partial charge in [-0.2, -0.15) is 10.1 Å². The zero-order valence-corrected chi connectivity index (χ0v) is 12.6. The Kier molecular flexibility index (Phi) is 4.05. The molecule has 1 atom stereocenters. The molecule has 0 radical (unpaired) electrons. The molecule has 3 aromatic rings. The predicted octanol–water partition coefficient (Wildman–Crippen LogP) is 1.96. The highest BCUT2D eigenvalue weighted by atomic mass is 16.5. The summed E-state index contributed by atoms with van der Waals surface area (Å²) in [5, 5.41) is 13.0. The number of ether oxygens (including phenoxy) is 1. The van der Waals surface area contributed by atoms with Crippen LogP contribution in [0.4, 0.5) is 0 Å². The third-order valence-electron chi connectivity index (χ3n) is 3.23. The van der Waals surface area contributed by atoms with Crippen molar-refractivity contribution in [1.82, 2.24) is 25.7 Å². The summed E-state index contributed by atoms with van der Waals surface area (Å²) in [6.07, 6.45) is 1.51. The van der Waals surface area contributed by atoms with Crippen molar-refractivity contribution in [2.45, 2.75) is 13.0 Å². The van der Waals surface area contributed by atoms with Crippen molar-refractivity contribution in [1.29, 1.82) is 0 Å². The summed E-state index contributed by atoms with van der Waals surface area (Å²) in [6, 6.07) is 8.48. The number of rotatable bonds is 5. The van der Waals surface area contributed by atoms with Crippen LogP contribution in [0.1, 0.15) is 29.3 Å². The molecule has 23 heavy (non-hydrogen) atoms. The molecule has 0 aliphatic rings. The minimum Gasteiger partial charge on any atom is -0.497 e. The molecular weight excluding hydrogens is 298 g/mol. The highest BCUT2D eigenvalue weighted by Crippen LogP contribution is 2.22. The SMILES string of the molecule is COc1cccc(-c2noc([C@H](C)NC(=O)c3ccn[nH]3)n2)c1. The van der Waals surface area contributed by atoms with E-state index in [1.165, 1.54) is 6.20 Å². The fraction of sp³-hybridized carbons (Fsp3) is 0.200. The van der Waals surface area contributed by atoms with E-state index in [-0.39, 0.29) is 5.91 Å². The highest BCUT2D eigenvalue weighted by Gasteiger charge is 2.18. The van der Waals surface area contributed by atoms with Gasteiger partial charge in [0.15, 0.2) is 0 Å². The van der Waals surface area contributed by atoms with Crippen LogP contribution >= 0.6 is 0 Å². The minimum atomic E-state index is -0.433. The molecule has 0 unspecified atom stereocenters. The van der Waals surface area contributed by atoms with E-state index in [0.29, 0.717) is 23.2 Å². The van der Waals surface area contributed by atoms with Crippen LogP contribution in [-0.4, -0.2) is 33.4 Å². The zero-order chi connectivity index (χ0) is 16.2. The van der Waals surface area contributed by atoms with Crippen molar-refractivity contribution >= 4 is 5.91 Å². The van der Waals surface area contributed by atoms with E-state index in [0.717, 1.165) is 5.56 Å². The van der Waals surface area contributed by atoms with E-state index < -0.39 is 6.04 Å². The molecular formula is C15H15N5O3. The van der Waals surface area contributed by atoms with Gasteiger partial charge in [-0.1, -0.05) is 17.3 Å².